The number of rotatable bonds is 7. The van der Waals surface area contributed by atoms with E-state index in [-0.39, 0.29) is 12.3 Å². The molecule has 0 bridgehead atoms. The molecule has 0 aliphatic rings. The molecule has 1 heterocycles. The molecular formula is C11H18N2O5S. The van der Waals surface area contributed by atoms with Gasteiger partial charge in [0.25, 0.3) is 0 Å². The molecule has 19 heavy (non-hydrogen) atoms. The molecule has 0 aliphatic carbocycles. The predicted octanol–water partition coefficient (Wildman–Crippen LogP) is 0.0134. The summed E-state index contributed by atoms with van der Waals surface area (Å²) in [7, 11) is -0.542. The summed E-state index contributed by atoms with van der Waals surface area (Å²) in [6.07, 6.45) is 0. The number of furan rings is 1. The number of methoxy groups -OCH3 is 1. The fraction of sp³-hybridized carbons (Fsp3) is 0.545. The van der Waals surface area contributed by atoms with Gasteiger partial charge in [-0.25, -0.2) is 17.9 Å². The fourth-order valence-electron chi connectivity index (χ4n) is 1.46. The van der Waals surface area contributed by atoms with Crippen LogP contribution in [0.25, 0.3) is 0 Å². The summed E-state index contributed by atoms with van der Waals surface area (Å²) >= 11 is 0. The SMILES string of the molecule is CNS(=O)(=O)CCNCc1cc(C(=O)OC)c(C)o1. The summed E-state index contributed by atoms with van der Waals surface area (Å²) in [5.41, 5.74) is 0.377. The topological polar surface area (TPSA) is 97.6 Å². The summed E-state index contributed by atoms with van der Waals surface area (Å²) < 4.78 is 34.5. The van der Waals surface area contributed by atoms with Gasteiger partial charge in [0, 0.05) is 6.54 Å². The first-order valence-electron chi connectivity index (χ1n) is 5.69. The molecule has 8 heteroatoms. The van der Waals surface area contributed by atoms with Gasteiger partial charge in [-0.15, -0.1) is 0 Å². The minimum Gasteiger partial charge on any atom is -0.465 e. The lowest BCUT2D eigenvalue weighted by molar-refractivity contribution is 0.0599. The van der Waals surface area contributed by atoms with Gasteiger partial charge < -0.3 is 14.5 Å². The van der Waals surface area contributed by atoms with Crippen molar-refractivity contribution in [2.45, 2.75) is 13.5 Å². The van der Waals surface area contributed by atoms with Crippen molar-refractivity contribution >= 4 is 16.0 Å². The molecule has 0 amide bonds. The number of esters is 1. The standard InChI is InChI=1S/C11H18N2O5S/c1-8-10(11(14)17-3)6-9(18-8)7-13-4-5-19(15,16)12-2/h6,12-13H,4-5,7H2,1-3H3. The summed E-state index contributed by atoms with van der Waals surface area (Å²) in [5.74, 6) is 0.559. The third-order valence-electron chi connectivity index (χ3n) is 2.53. The zero-order chi connectivity index (χ0) is 14.5. The van der Waals surface area contributed by atoms with Crippen LogP contribution < -0.4 is 10.0 Å². The Bertz CT molecular complexity index is 535. The van der Waals surface area contributed by atoms with Crippen molar-refractivity contribution in [2.24, 2.45) is 0 Å². The van der Waals surface area contributed by atoms with Gasteiger partial charge >= 0.3 is 5.97 Å². The molecule has 0 saturated carbocycles. The van der Waals surface area contributed by atoms with E-state index in [0.717, 1.165) is 0 Å². The van der Waals surface area contributed by atoms with E-state index >= 15 is 0 Å². The third kappa shape index (κ3) is 4.66. The first kappa shape index (κ1) is 15.7. The number of hydrogen-bond acceptors (Lipinski definition) is 6. The Kier molecular flexibility index (Phi) is 5.52. The van der Waals surface area contributed by atoms with E-state index in [1.54, 1.807) is 13.0 Å². The normalized spacial score (nSPS) is 11.5. The van der Waals surface area contributed by atoms with Crippen molar-refractivity contribution in [3.05, 3.63) is 23.2 Å². The maximum Gasteiger partial charge on any atom is 0.341 e. The molecule has 0 radical (unpaired) electrons. The highest BCUT2D eigenvalue weighted by Crippen LogP contribution is 2.15. The highest BCUT2D eigenvalue weighted by Gasteiger charge is 2.15. The lowest BCUT2D eigenvalue weighted by atomic mass is 10.2. The molecule has 0 spiro atoms. The fourth-order valence-corrected chi connectivity index (χ4v) is 2.08. The molecule has 2 N–H and O–H groups in total. The molecule has 1 aromatic heterocycles. The lowest BCUT2D eigenvalue weighted by Gasteiger charge is -2.03. The van der Waals surface area contributed by atoms with E-state index in [1.807, 2.05) is 0 Å². The Hall–Kier alpha value is -1.38. The Labute approximate surface area is 112 Å². The van der Waals surface area contributed by atoms with Crippen LogP contribution in [-0.2, 0) is 21.3 Å². The largest absolute Gasteiger partial charge is 0.465 e. The summed E-state index contributed by atoms with van der Waals surface area (Å²) in [6.45, 7) is 2.30. The first-order valence-corrected chi connectivity index (χ1v) is 7.34. The monoisotopic (exact) mass is 290 g/mol. The summed E-state index contributed by atoms with van der Waals surface area (Å²) in [6, 6.07) is 1.58. The van der Waals surface area contributed by atoms with Gasteiger partial charge in [0.05, 0.1) is 19.4 Å². The minimum absolute atomic E-state index is 0.0208. The van der Waals surface area contributed by atoms with Crippen LogP contribution in [0.15, 0.2) is 10.5 Å². The maximum absolute atomic E-state index is 11.4. The predicted molar refractivity (Wildman–Crippen MR) is 69.3 cm³/mol. The van der Waals surface area contributed by atoms with Crippen molar-refractivity contribution in [3.8, 4) is 0 Å². The maximum atomic E-state index is 11.4. The highest BCUT2D eigenvalue weighted by atomic mass is 32.2. The summed E-state index contributed by atoms with van der Waals surface area (Å²) in [4.78, 5) is 11.4. The van der Waals surface area contributed by atoms with Crippen LogP contribution in [-0.4, -0.2) is 40.8 Å². The van der Waals surface area contributed by atoms with Crippen LogP contribution in [0.5, 0.6) is 0 Å². The molecule has 0 atom stereocenters. The van der Waals surface area contributed by atoms with Crippen molar-refractivity contribution in [3.63, 3.8) is 0 Å². The molecular weight excluding hydrogens is 272 g/mol. The third-order valence-corrected chi connectivity index (χ3v) is 3.90. The van der Waals surface area contributed by atoms with Gasteiger partial charge in [-0.2, -0.15) is 0 Å². The van der Waals surface area contributed by atoms with Gasteiger partial charge in [0.2, 0.25) is 10.0 Å². The number of ether oxygens (including phenoxy) is 1. The molecule has 0 fully saturated rings. The molecule has 0 unspecified atom stereocenters. The second-order valence-corrected chi connectivity index (χ2v) is 5.92. The number of carbonyl (C=O) groups excluding carboxylic acids is 1. The Morgan fingerprint density at radius 3 is 2.74 bits per heavy atom. The van der Waals surface area contributed by atoms with Crippen LogP contribution >= 0.6 is 0 Å². The molecule has 0 aromatic carbocycles. The van der Waals surface area contributed by atoms with Gasteiger partial charge in [-0.05, 0) is 20.0 Å². The van der Waals surface area contributed by atoms with Crippen molar-refractivity contribution in [1.82, 2.24) is 10.0 Å². The molecule has 7 nitrogen and oxygen atoms in total. The van der Waals surface area contributed by atoms with Crippen molar-refractivity contribution < 1.29 is 22.4 Å². The smallest absolute Gasteiger partial charge is 0.341 e. The van der Waals surface area contributed by atoms with E-state index in [9.17, 15) is 13.2 Å². The van der Waals surface area contributed by atoms with Crippen molar-refractivity contribution in [2.75, 3.05) is 26.5 Å². The van der Waals surface area contributed by atoms with Gasteiger partial charge in [-0.1, -0.05) is 0 Å². The highest BCUT2D eigenvalue weighted by molar-refractivity contribution is 7.89. The number of nitrogens with one attached hydrogen (secondary N) is 2. The first-order chi connectivity index (χ1) is 8.89. The minimum atomic E-state index is -3.21. The van der Waals surface area contributed by atoms with E-state index in [2.05, 4.69) is 14.8 Å². The average Bonchev–Trinajstić information content (AvgIpc) is 2.75. The van der Waals surface area contributed by atoms with Crippen LogP contribution in [0.3, 0.4) is 0 Å². The van der Waals surface area contributed by atoms with Crippen LogP contribution in [0.2, 0.25) is 0 Å². The molecule has 0 saturated heterocycles. The number of carbonyl (C=O) groups is 1. The molecule has 0 aliphatic heterocycles. The lowest BCUT2D eigenvalue weighted by Crippen LogP contribution is -2.29. The quantitative estimate of drug-likeness (QED) is 0.542. The second-order valence-electron chi connectivity index (χ2n) is 3.87. The van der Waals surface area contributed by atoms with E-state index in [0.29, 0.717) is 23.6 Å². The zero-order valence-electron chi connectivity index (χ0n) is 11.1. The average molecular weight is 290 g/mol. The van der Waals surface area contributed by atoms with Crippen LogP contribution in [0, 0.1) is 6.92 Å². The Morgan fingerprint density at radius 1 is 1.47 bits per heavy atom. The number of sulfonamides is 1. The number of hydrogen-bond donors (Lipinski definition) is 2. The van der Waals surface area contributed by atoms with Crippen LogP contribution in [0.1, 0.15) is 21.9 Å². The van der Waals surface area contributed by atoms with Crippen LogP contribution in [0.4, 0.5) is 0 Å². The molecule has 108 valence electrons. The Balaban J connectivity index is 2.49. The van der Waals surface area contributed by atoms with Crippen molar-refractivity contribution in [1.29, 1.82) is 0 Å². The molecule has 1 aromatic rings. The second kappa shape index (κ2) is 6.69. The van der Waals surface area contributed by atoms with Gasteiger partial charge in [0.15, 0.2) is 0 Å². The number of aryl methyl sites for hydroxylation is 1. The molecule has 1 rings (SSSR count). The Morgan fingerprint density at radius 2 is 2.16 bits per heavy atom. The van der Waals surface area contributed by atoms with E-state index in [4.69, 9.17) is 4.42 Å². The van der Waals surface area contributed by atoms with E-state index < -0.39 is 16.0 Å². The zero-order valence-corrected chi connectivity index (χ0v) is 12.0. The van der Waals surface area contributed by atoms with Gasteiger partial charge in [-0.3, -0.25) is 0 Å². The van der Waals surface area contributed by atoms with E-state index in [1.165, 1.54) is 14.2 Å². The van der Waals surface area contributed by atoms with Gasteiger partial charge in [0.1, 0.15) is 17.1 Å². The summed E-state index contributed by atoms with van der Waals surface area (Å²) in [5, 5.41) is 2.92.